The summed E-state index contributed by atoms with van der Waals surface area (Å²) in [6.45, 7) is 0. The number of carboxylic acid groups (broad SMARTS) is 1. The van der Waals surface area contributed by atoms with E-state index in [0.29, 0.717) is 6.08 Å². The molecule has 3 nitrogen and oxygen atoms in total. The standard InChI is InChI=1S/C7H8F2O3/c8-7(9)2-1-4(6(7)12)3-5(10)11/h1-2,4,6,12H,3H2,(H,10,11). The Morgan fingerprint density at radius 3 is 2.50 bits per heavy atom. The molecule has 1 rings (SSSR count). The van der Waals surface area contributed by atoms with Crippen LogP contribution in [0.4, 0.5) is 8.78 Å². The van der Waals surface area contributed by atoms with Gasteiger partial charge in [0, 0.05) is 5.92 Å². The minimum Gasteiger partial charge on any atom is -0.481 e. The Hall–Kier alpha value is -0.970. The molecule has 1 aliphatic carbocycles. The molecular formula is C7H8F2O3. The Morgan fingerprint density at radius 1 is 1.58 bits per heavy atom. The van der Waals surface area contributed by atoms with Crippen molar-refractivity contribution in [3.05, 3.63) is 12.2 Å². The molecule has 2 N–H and O–H groups in total. The number of hydrogen-bond acceptors (Lipinski definition) is 2. The van der Waals surface area contributed by atoms with E-state index in [1.807, 2.05) is 0 Å². The molecule has 5 heteroatoms. The quantitative estimate of drug-likeness (QED) is 0.610. The van der Waals surface area contributed by atoms with Crippen LogP contribution in [0, 0.1) is 5.92 Å². The van der Waals surface area contributed by atoms with Crippen LogP contribution in [0.2, 0.25) is 0 Å². The van der Waals surface area contributed by atoms with Crippen molar-refractivity contribution >= 4 is 5.97 Å². The van der Waals surface area contributed by atoms with E-state index in [2.05, 4.69) is 0 Å². The molecule has 0 aromatic carbocycles. The van der Waals surface area contributed by atoms with Crippen LogP contribution in [0.15, 0.2) is 12.2 Å². The lowest BCUT2D eigenvalue weighted by Gasteiger charge is -2.17. The lowest BCUT2D eigenvalue weighted by molar-refractivity contribution is -0.140. The average Bonchev–Trinajstić information content (AvgIpc) is 2.15. The molecule has 0 bridgehead atoms. The summed E-state index contributed by atoms with van der Waals surface area (Å²) in [7, 11) is 0. The number of carboxylic acids is 1. The first kappa shape index (κ1) is 9.12. The van der Waals surface area contributed by atoms with Crippen molar-refractivity contribution in [2.75, 3.05) is 0 Å². The number of aliphatic hydroxyl groups excluding tert-OH is 1. The number of carbonyl (C=O) groups is 1. The van der Waals surface area contributed by atoms with Gasteiger partial charge in [0.25, 0.3) is 5.92 Å². The van der Waals surface area contributed by atoms with Gasteiger partial charge in [-0.1, -0.05) is 6.08 Å². The molecule has 0 fully saturated rings. The van der Waals surface area contributed by atoms with E-state index in [0.717, 1.165) is 6.08 Å². The number of aliphatic hydroxyl groups is 1. The predicted octanol–water partition coefficient (Wildman–Crippen LogP) is 0.643. The van der Waals surface area contributed by atoms with E-state index in [-0.39, 0.29) is 0 Å². The summed E-state index contributed by atoms with van der Waals surface area (Å²) in [5.74, 6) is -5.45. The summed E-state index contributed by atoms with van der Waals surface area (Å²) >= 11 is 0. The van der Waals surface area contributed by atoms with Gasteiger partial charge < -0.3 is 10.2 Å². The van der Waals surface area contributed by atoms with Gasteiger partial charge >= 0.3 is 5.97 Å². The van der Waals surface area contributed by atoms with Crippen molar-refractivity contribution in [2.45, 2.75) is 18.4 Å². The lowest BCUT2D eigenvalue weighted by Crippen LogP contribution is -2.33. The largest absolute Gasteiger partial charge is 0.481 e. The minimum atomic E-state index is -3.28. The Balaban J connectivity index is 2.62. The predicted molar refractivity (Wildman–Crippen MR) is 35.8 cm³/mol. The molecule has 0 radical (unpaired) electrons. The van der Waals surface area contributed by atoms with Crippen LogP contribution in [0.3, 0.4) is 0 Å². The second-order valence-corrected chi connectivity index (χ2v) is 2.74. The molecule has 68 valence electrons. The third-order valence-corrected chi connectivity index (χ3v) is 1.78. The smallest absolute Gasteiger partial charge is 0.304 e. The van der Waals surface area contributed by atoms with Gasteiger partial charge in [-0.3, -0.25) is 4.79 Å². The van der Waals surface area contributed by atoms with Crippen molar-refractivity contribution in [1.29, 1.82) is 0 Å². The van der Waals surface area contributed by atoms with E-state index in [1.165, 1.54) is 0 Å². The van der Waals surface area contributed by atoms with Gasteiger partial charge in [0.2, 0.25) is 0 Å². The Morgan fingerprint density at radius 2 is 2.17 bits per heavy atom. The Bertz CT molecular complexity index is 225. The topological polar surface area (TPSA) is 57.5 Å². The third-order valence-electron chi connectivity index (χ3n) is 1.78. The number of hydrogen-bond donors (Lipinski definition) is 2. The molecule has 0 aliphatic heterocycles. The van der Waals surface area contributed by atoms with E-state index >= 15 is 0 Å². The first-order valence-electron chi connectivity index (χ1n) is 3.40. The highest BCUT2D eigenvalue weighted by Crippen LogP contribution is 2.34. The van der Waals surface area contributed by atoms with Crippen molar-refractivity contribution in [2.24, 2.45) is 5.92 Å². The second-order valence-electron chi connectivity index (χ2n) is 2.74. The highest BCUT2D eigenvalue weighted by Gasteiger charge is 2.45. The first-order valence-corrected chi connectivity index (χ1v) is 3.40. The fourth-order valence-electron chi connectivity index (χ4n) is 1.12. The number of aliphatic carboxylic acids is 1. The van der Waals surface area contributed by atoms with E-state index in [4.69, 9.17) is 10.2 Å². The lowest BCUT2D eigenvalue weighted by atomic mass is 10.0. The zero-order chi connectivity index (χ0) is 9.35. The molecule has 0 amide bonds. The van der Waals surface area contributed by atoms with Crippen LogP contribution in [0.25, 0.3) is 0 Å². The van der Waals surface area contributed by atoms with Gasteiger partial charge in [0.1, 0.15) is 6.10 Å². The maximum absolute atomic E-state index is 12.5. The number of alkyl halides is 2. The van der Waals surface area contributed by atoms with Crippen LogP contribution in [-0.2, 0) is 4.79 Å². The van der Waals surface area contributed by atoms with Crippen molar-refractivity contribution in [3.8, 4) is 0 Å². The van der Waals surface area contributed by atoms with Crippen molar-refractivity contribution in [3.63, 3.8) is 0 Å². The first-order chi connectivity index (χ1) is 5.43. The molecule has 0 heterocycles. The highest BCUT2D eigenvalue weighted by atomic mass is 19.3. The number of halogens is 2. The van der Waals surface area contributed by atoms with Gasteiger partial charge in [0.15, 0.2) is 0 Å². The second kappa shape index (κ2) is 2.82. The monoisotopic (exact) mass is 178 g/mol. The van der Waals surface area contributed by atoms with Gasteiger partial charge in [0.05, 0.1) is 6.42 Å². The van der Waals surface area contributed by atoms with Gasteiger partial charge in [-0.05, 0) is 6.08 Å². The highest BCUT2D eigenvalue weighted by molar-refractivity contribution is 5.67. The van der Waals surface area contributed by atoms with Crippen molar-refractivity contribution < 1.29 is 23.8 Å². The summed E-state index contributed by atoms with van der Waals surface area (Å²) in [4.78, 5) is 10.1. The molecular weight excluding hydrogens is 170 g/mol. The van der Waals surface area contributed by atoms with Crippen LogP contribution < -0.4 is 0 Å². The molecule has 1 aliphatic rings. The van der Waals surface area contributed by atoms with Gasteiger partial charge in [-0.25, -0.2) is 0 Å². The molecule has 2 unspecified atom stereocenters. The fourth-order valence-corrected chi connectivity index (χ4v) is 1.12. The summed E-state index contributed by atoms with van der Waals surface area (Å²) in [6.07, 6.45) is -0.772. The van der Waals surface area contributed by atoms with Gasteiger partial charge in [-0.2, -0.15) is 8.78 Å². The summed E-state index contributed by atoms with van der Waals surface area (Å²) in [5, 5.41) is 17.2. The zero-order valence-electron chi connectivity index (χ0n) is 6.08. The summed E-state index contributed by atoms with van der Waals surface area (Å²) in [5.41, 5.74) is 0. The molecule has 0 aromatic heterocycles. The third kappa shape index (κ3) is 1.61. The summed E-state index contributed by atoms with van der Waals surface area (Å²) < 4.78 is 25.0. The number of rotatable bonds is 2. The zero-order valence-corrected chi connectivity index (χ0v) is 6.08. The maximum atomic E-state index is 12.5. The Labute approximate surface area is 67.3 Å². The van der Waals surface area contributed by atoms with Crippen LogP contribution in [0.5, 0.6) is 0 Å². The van der Waals surface area contributed by atoms with Crippen LogP contribution in [-0.4, -0.2) is 28.2 Å². The molecule has 0 saturated carbocycles. The van der Waals surface area contributed by atoms with E-state index < -0.39 is 30.3 Å². The normalized spacial score (nSPS) is 32.2. The minimum absolute atomic E-state index is 0.465. The molecule has 0 aromatic rings. The average molecular weight is 178 g/mol. The van der Waals surface area contributed by atoms with Crippen LogP contribution >= 0.6 is 0 Å². The van der Waals surface area contributed by atoms with E-state index in [1.54, 1.807) is 0 Å². The van der Waals surface area contributed by atoms with Crippen molar-refractivity contribution in [1.82, 2.24) is 0 Å². The molecule has 0 spiro atoms. The molecule has 2 atom stereocenters. The molecule has 12 heavy (non-hydrogen) atoms. The van der Waals surface area contributed by atoms with E-state index in [9.17, 15) is 13.6 Å². The van der Waals surface area contributed by atoms with Gasteiger partial charge in [-0.15, -0.1) is 0 Å². The SMILES string of the molecule is O=C(O)CC1C=CC(F)(F)C1O. The maximum Gasteiger partial charge on any atom is 0.304 e. The fraction of sp³-hybridized carbons (Fsp3) is 0.571. The summed E-state index contributed by atoms with van der Waals surface area (Å²) in [6, 6.07) is 0. The van der Waals surface area contributed by atoms with Crippen LogP contribution in [0.1, 0.15) is 6.42 Å². The molecule has 0 saturated heterocycles. The Kier molecular flexibility index (Phi) is 2.14.